The number of aromatic carboxylic acids is 1. The van der Waals surface area contributed by atoms with Gasteiger partial charge in [-0.3, -0.25) is 10.1 Å². The first-order valence-corrected chi connectivity index (χ1v) is 6.78. The van der Waals surface area contributed by atoms with E-state index in [0.29, 0.717) is 9.37 Å². The molecular formula is C11H11BrN2O4S. The molecule has 1 aromatic rings. The van der Waals surface area contributed by atoms with Gasteiger partial charge in [0.25, 0.3) is 0 Å². The van der Waals surface area contributed by atoms with Crippen LogP contribution in [0.3, 0.4) is 0 Å². The topological polar surface area (TPSA) is 109 Å². The number of urea groups is 1. The molecular weight excluding hydrogens is 336 g/mol. The predicted molar refractivity (Wildman–Crippen MR) is 74.1 cm³/mol. The molecule has 0 fully saturated rings. The summed E-state index contributed by atoms with van der Waals surface area (Å²) in [4.78, 5) is 33.6. The van der Waals surface area contributed by atoms with Gasteiger partial charge >= 0.3 is 12.0 Å². The minimum Gasteiger partial charge on any atom is -0.478 e. The van der Waals surface area contributed by atoms with Crippen LogP contribution in [-0.4, -0.2) is 28.3 Å². The smallest absolute Gasteiger partial charge is 0.336 e. The summed E-state index contributed by atoms with van der Waals surface area (Å²) in [5, 5.41) is 10.3. The summed E-state index contributed by atoms with van der Waals surface area (Å²) in [5.74, 6) is -1.66. The SMILES string of the molecule is CC(Sc1cc(Br)ccc1C(=O)O)C(=O)NC(N)=O. The number of carbonyl (C=O) groups excluding carboxylic acids is 2. The maximum atomic E-state index is 11.5. The van der Waals surface area contributed by atoms with Gasteiger partial charge in [0, 0.05) is 9.37 Å². The molecule has 19 heavy (non-hydrogen) atoms. The monoisotopic (exact) mass is 346 g/mol. The average Bonchev–Trinajstić information content (AvgIpc) is 2.27. The second-order valence-electron chi connectivity index (χ2n) is 3.56. The zero-order valence-electron chi connectivity index (χ0n) is 9.84. The molecule has 0 aliphatic rings. The number of benzene rings is 1. The highest BCUT2D eigenvalue weighted by molar-refractivity contribution is 9.10. The summed E-state index contributed by atoms with van der Waals surface area (Å²) >= 11 is 4.26. The predicted octanol–water partition coefficient (Wildman–Crippen LogP) is 1.82. The van der Waals surface area contributed by atoms with Crippen molar-refractivity contribution in [1.29, 1.82) is 0 Å². The lowest BCUT2D eigenvalue weighted by Crippen LogP contribution is -2.39. The Labute approximate surface area is 121 Å². The number of carbonyl (C=O) groups is 3. The highest BCUT2D eigenvalue weighted by Crippen LogP contribution is 2.29. The van der Waals surface area contributed by atoms with Gasteiger partial charge in [0.2, 0.25) is 5.91 Å². The maximum absolute atomic E-state index is 11.5. The Balaban J connectivity index is 2.92. The molecule has 1 atom stereocenters. The van der Waals surface area contributed by atoms with E-state index in [1.807, 2.05) is 5.32 Å². The lowest BCUT2D eigenvalue weighted by Gasteiger charge is -2.12. The van der Waals surface area contributed by atoms with Crippen molar-refractivity contribution < 1.29 is 19.5 Å². The molecule has 0 bridgehead atoms. The van der Waals surface area contributed by atoms with Gasteiger partial charge in [-0.05, 0) is 25.1 Å². The largest absolute Gasteiger partial charge is 0.478 e. The van der Waals surface area contributed by atoms with Gasteiger partial charge in [-0.2, -0.15) is 0 Å². The van der Waals surface area contributed by atoms with Crippen molar-refractivity contribution >= 4 is 45.6 Å². The highest BCUT2D eigenvalue weighted by Gasteiger charge is 2.19. The van der Waals surface area contributed by atoms with E-state index in [-0.39, 0.29) is 5.56 Å². The summed E-state index contributed by atoms with van der Waals surface area (Å²) in [6, 6.07) is 3.70. The highest BCUT2D eigenvalue weighted by atomic mass is 79.9. The Morgan fingerprint density at radius 1 is 1.42 bits per heavy atom. The average molecular weight is 347 g/mol. The molecule has 0 radical (unpaired) electrons. The first-order valence-electron chi connectivity index (χ1n) is 5.11. The first-order chi connectivity index (χ1) is 8.81. The third-order valence-corrected chi connectivity index (χ3v) is 3.75. The van der Waals surface area contributed by atoms with Crippen molar-refractivity contribution in [3.63, 3.8) is 0 Å². The van der Waals surface area contributed by atoms with E-state index in [2.05, 4.69) is 15.9 Å². The summed E-state index contributed by atoms with van der Waals surface area (Å²) in [5.41, 5.74) is 4.93. The fourth-order valence-corrected chi connectivity index (χ4v) is 2.77. The van der Waals surface area contributed by atoms with E-state index in [9.17, 15) is 14.4 Å². The van der Waals surface area contributed by atoms with Crippen LogP contribution in [0.5, 0.6) is 0 Å². The number of imide groups is 1. The number of hydrogen-bond acceptors (Lipinski definition) is 4. The van der Waals surface area contributed by atoms with E-state index in [1.54, 1.807) is 19.1 Å². The van der Waals surface area contributed by atoms with E-state index in [1.165, 1.54) is 6.07 Å². The van der Waals surface area contributed by atoms with Gasteiger partial charge in [0.15, 0.2) is 0 Å². The fourth-order valence-electron chi connectivity index (χ4n) is 1.24. The van der Waals surface area contributed by atoms with E-state index < -0.39 is 23.2 Å². The molecule has 6 nitrogen and oxygen atoms in total. The molecule has 0 spiro atoms. The van der Waals surface area contributed by atoms with Crippen molar-refractivity contribution in [2.45, 2.75) is 17.1 Å². The standard InChI is InChI=1S/C11H11BrN2O4S/c1-5(9(15)14-11(13)18)19-8-4-6(12)2-3-7(8)10(16)17/h2-5H,1H3,(H,16,17)(H3,13,14,15,18). The zero-order valence-corrected chi connectivity index (χ0v) is 12.2. The van der Waals surface area contributed by atoms with Gasteiger partial charge in [0.05, 0.1) is 10.8 Å². The van der Waals surface area contributed by atoms with Crippen LogP contribution in [0.2, 0.25) is 0 Å². The van der Waals surface area contributed by atoms with Crippen LogP contribution >= 0.6 is 27.7 Å². The number of thioether (sulfide) groups is 1. The number of amides is 3. The van der Waals surface area contributed by atoms with Gasteiger partial charge in [-0.15, -0.1) is 11.8 Å². The Bertz CT molecular complexity index is 535. The normalized spacial score (nSPS) is 11.7. The lowest BCUT2D eigenvalue weighted by atomic mass is 10.2. The molecule has 0 heterocycles. The first kappa shape index (κ1) is 15.5. The molecule has 0 saturated carbocycles. The second kappa shape index (κ2) is 6.58. The zero-order chi connectivity index (χ0) is 14.6. The lowest BCUT2D eigenvalue weighted by molar-refractivity contribution is -0.119. The number of nitrogens with two attached hydrogens (primary N) is 1. The minimum atomic E-state index is -1.09. The van der Waals surface area contributed by atoms with Crippen LogP contribution in [0.15, 0.2) is 27.6 Å². The minimum absolute atomic E-state index is 0.0897. The summed E-state index contributed by atoms with van der Waals surface area (Å²) in [6.07, 6.45) is 0. The number of halogens is 1. The molecule has 8 heteroatoms. The Kier molecular flexibility index (Phi) is 5.37. The number of nitrogens with one attached hydrogen (secondary N) is 1. The maximum Gasteiger partial charge on any atom is 0.336 e. The van der Waals surface area contributed by atoms with Crippen LogP contribution in [-0.2, 0) is 4.79 Å². The summed E-state index contributed by atoms with van der Waals surface area (Å²) in [6.45, 7) is 1.55. The van der Waals surface area contributed by atoms with E-state index in [4.69, 9.17) is 10.8 Å². The summed E-state index contributed by atoms with van der Waals surface area (Å²) < 4.78 is 0.697. The molecule has 1 rings (SSSR count). The number of hydrogen-bond donors (Lipinski definition) is 3. The quantitative estimate of drug-likeness (QED) is 0.720. The molecule has 1 unspecified atom stereocenters. The van der Waals surface area contributed by atoms with Crippen molar-refractivity contribution in [3.05, 3.63) is 28.2 Å². The summed E-state index contributed by atoms with van der Waals surface area (Å²) in [7, 11) is 0. The van der Waals surface area contributed by atoms with Crippen molar-refractivity contribution in [2.75, 3.05) is 0 Å². The molecule has 0 aliphatic heterocycles. The van der Waals surface area contributed by atoms with Crippen LogP contribution in [0.1, 0.15) is 17.3 Å². The van der Waals surface area contributed by atoms with Gasteiger partial charge in [-0.1, -0.05) is 15.9 Å². The third-order valence-electron chi connectivity index (χ3n) is 2.09. The molecule has 0 aromatic heterocycles. The Morgan fingerprint density at radius 3 is 2.58 bits per heavy atom. The van der Waals surface area contributed by atoms with Gasteiger partial charge in [-0.25, -0.2) is 9.59 Å². The Hall–Kier alpha value is -1.54. The fraction of sp³-hybridized carbons (Fsp3) is 0.182. The molecule has 102 valence electrons. The second-order valence-corrected chi connectivity index (χ2v) is 5.86. The number of carboxylic acids is 1. The molecule has 0 aliphatic carbocycles. The third kappa shape index (κ3) is 4.56. The van der Waals surface area contributed by atoms with Crippen LogP contribution in [0, 0.1) is 0 Å². The molecule has 4 N–H and O–H groups in total. The van der Waals surface area contributed by atoms with E-state index >= 15 is 0 Å². The van der Waals surface area contributed by atoms with Crippen LogP contribution < -0.4 is 11.1 Å². The number of rotatable bonds is 4. The van der Waals surface area contributed by atoms with Gasteiger partial charge in [0.1, 0.15) is 0 Å². The van der Waals surface area contributed by atoms with Crippen LogP contribution in [0.25, 0.3) is 0 Å². The molecule has 3 amide bonds. The van der Waals surface area contributed by atoms with Crippen molar-refractivity contribution in [1.82, 2.24) is 5.32 Å². The van der Waals surface area contributed by atoms with Crippen molar-refractivity contribution in [3.8, 4) is 0 Å². The Morgan fingerprint density at radius 2 is 2.05 bits per heavy atom. The number of primary amides is 1. The van der Waals surface area contributed by atoms with E-state index in [0.717, 1.165) is 11.8 Å². The van der Waals surface area contributed by atoms with Crippen LogP contribution in [0.4, 0.5) is 4.79 Å². The number of carboxylic acid groups (broad SMARTS) is 1. The van der Waals surface area contributed by atoms with Gasteiger partial charge < -0.3 is 10.8 Å². The van der Waals surface area contributed by atoms with Crippen molar-refractivity contribution in [2.24, 2.45) is 5.73 Å². The molecule has 0 saturated heterocycles. The molecule has 1 aromatic carbocycles.